The maximum atomic E-state index is 13.4. The van der Waals surface area contributed by atoms with E-state index in [2.05, 4.69) is 23.3 Å². The van der Waals surface area contributed by atoms with Gasteiger partial charge < -0.3 is 10.2 Å². The summed E-state index contributed by atoms with van der Waals surface area (Å²) in [6.07, 6.45) is 3.29. The number of nitrogens with zero attached hydrogens (tertiary/aromatic N) is 2. The predicted octanol–water partition coefficient (Wildman–Crippen LogP) is 4.22. The fraction of sp³-hybridized carbons (Fsp3) is 0.238. The highest BCUT2D eigenvalue weighted by Gasteiger charge is 2.31. The third-order valence-electron chi connectivity index (χ3n) is 4.98. The van der Waals surface area contributed by atoms with E-state index in [0.717, 1.165) is 25.1 Å². The van der Waals surface area contributed by atoms with Crippen LogP contribution in [0, 0.1) is 0 Å². The van der Waals surface area contributed by atoms with Crippen molar-refractivity contribution in [1.29, 1.82) is 0 Å². The van der Waals surface area contributed by atoms with E-state index in [1.807, 2.05) is 6.07 Å². The molecule has 1 N–H and O–H groups in total. The van der Waals surface area contributed by atoms with Crippen molar-refractivity contribution < 1.29 is 9.59 Å². The van der Waals surface area contributed by atoms with Crippen molar-refractivity contribution >= 4 is 40.5 Å². The number of amides is 2. The minimum atomic E-state index is -0.247. The molecule has 0 saturated heterocycles. The van der Waals surface area contributed by atoms with Crippen LogP contribution in [-0.4, -0.2) is 36.9 Å². The number of carbonyl (C=O) groups excluding carboxylic acids is 2. The molecular weight excluding hydrogens is 362 g/mol. The molecule has 6 heteroatoms. The van der Waals surface area contributed by atoms with Crippen LogP contribution >= 0.6 is 11.6 Å². The van der Waals surface area contributed by atoms with Gasteiger partial charge in [0.15, 0.2) is 0 Å². The van der Waals surface area contributed by atoms with Gasteiger partial charge in [-0.15, -0.1) is 0 Å². The van der Waals surface area contributed by atoms with E-state index in [0.29, 0.717) is 34.1 Å². The van der Waals surface area contributed by atoms with Crippen molar-refractivity contribution in [2.45, 2.75) is 12.8 Å². The van der Waals surface area contributed by atoms with Gasteiger partial charge in [-0.2, -0.15) is 0 Å². The second-order valence-electron chi connectivity index (χ2n) is 6.89. The van der Waals surface area contributed by atoms with E-state index in [4.69, 9.17) is 11.6 Å². The molecule has 2 aromatic carbocycles. The molecule has 2 aromatic rings. The lowest BCUT2D eigenvalue weighted by Crippen LogP contribution is -2.29. The highest BCUT2D eigenvalue weighted by atomic mass is 35.5. The Morgan fingerprint density at radius 3 is 2.78 bits per heavy atom. The molecule has 0 spiro atoms. The SMILES string of the molecule is CN1CC=C(CC(=O)N2c3ccccc3C(=O)Nc3cccc(Cl)c32)CC1. The summed E-state index contributed by atoms with van der Waals surface area (Å²) in [6, 6.07) is 12.4. The number of hydrogen-bond donors (Lipinski definition) is 1. The van der Waals surface area contributed by atoms with Crippen molar-refractivity contribution in [3.8, 4) is 0 Å². The zero-order valence-corrected chi connectivity index (χ0v) is 15.8. The molecule has 4 rings (SSSR count). The number of anilines is 3. The lowest BCUT2D eigenvalue weighted by atomic mass is 10.0. The summed E-state index contributed by atoms with van der Waals surface area (Å²) in [6.45, 7) is 1.78. The zero-order valence-electron chi connectivity index (χ0n) is 15.0. The average Bonchev–Trinajstić information content (AvgIpc) is 2.79. The standard InChI is InChI=1S/C21H20ClN3O2/c1-24-11-9-14(10-12-24)13-19(26)25-18-8-3-2-5-15(18)21(27)23-17-7-4-6-16(22)20(17)25/h2-9H,10-13H2,1H3,(H,23,27). The fourth-order valence-corrected chi connectivity index (χ4v) is 3.78. The first-order chi connectivity index (χ1) is 13.0. The molecule has 5 nitrogen and oxygen atoms in total. The molecule has 2 aliphatic rings. The van der Waals surface area contributed by atoms with E-state index in [1.165, 1.54) is 0 Å². The normalized spacial score (nSPS) is 16.7. The average molecular weight is 382 g/mol. The molecule has 0 fully saturated rings. The monoisotopic (exact) mass is 381 g/mol. The Hall–Kier alpha value is -2.63. The van der Waals surface area contributed by atoms with Crippen molar-refractivity contribution in [3.05, 3.63) is 64.7 Å². The predicted molar refractivity (Wildman–Crippen MR) is 108 cm³/mol. The van der Waals surface area contributed by atoms with Gasteiger partial charge in [0, 0.05) is 19.5 Å². The van der Waals surface area contributed by atoms with Crippen LogP contribution in [0.25, 0.3) is 0 Å². The number of nitrogens with one attached hydrogen (secondary N) is 1. The van der Waals surface area contributed by atoms with Gasteiger partial charge in [0.05, 0.1) is 27.6 Å². The summed E-state index contributed by atoms with van der Waals surface area (Å²) in [4.78, 5) is 29.8. The van der Waals surface area contributed by atoms with Gasteiger partial charge in [0.2, 0.25) is 5.91 Å². The first-order valence-corrected chi connectivity index (χ1v) is 9.30. The van der Waals surface area contributed by atoms with Crippen LogP contribution in [0.15, 0.2) is 54.1 Å². The number of rotatable bonds is 2. The third kappa shape index (κ3) is 3.36. The zero-order chi connectivity index (χ0) is 19.0. The van der Waals surface area contributed by atoms with Gasteiger partial charge in [-0.25, -0.2) is 0 Å². The summed E-state index contributed by atoms with van der Waals surface area (Å²) in [5.41, 5.74) is 3.19. The molecular formula is C21H20ClN3O2. The Morgan fingerprint density at radius 2 is 2.00 bits per heavy atom. The lowest BCUT2D eigenvalue weighted by molar-refractivity contribution is -0.117. The van der Waals surface area contributed by atoms with E-state index in [-0.39, 0.29) is 11.8 Å². The number of benzene rings is 2. The molecule has 2 heterocycles. The van der Waals surface area contributed by atoms with E-state index in [1.54, 1.807) is 41.3 Å². The number of halogens is 1. The Bertz CT molecular complexity index is 954. The highest BCUT2D eigenvalue weighted by Crippen LogP contribution is 2.42. The van der Waals surface area contributed by atoms with Crippen molar-refractivity contribution in [2.24, 2.45) is 0 Å². The summed E-state index contributed by atoms with van der Waals surface area (Å²) < 4.78 is 0. The minimum absolute atomic E-state index is 0.0934. The van der Waals surface area contributed by atoms with Crippen LogP contribution in [0.3, 0.4) is 0 Å². The van der Waals surface area contributed by atoms with Crippen LogP contribution in [0.2, 0.25) is 5.02 Å². The van der Waals surface area contributed by atoms with Gasteiger partial charge >= 0.3 is 0 Å². The quantitative estimate of drug-likeness (QED) is 0.792. The maximum Gasteiger partial charge on any atom is 0.257 e. The van der Waals surface area contributed by atoms with Crippen LogP contribution in [-0.2, 0) is 4.79 Å². The van der Waals surface area contributed by atoms with Crippen LogP contribution < -0.4 is 10.2 Å². The molecule has 0 aliphatic carbocycles. The van der Waals surface area contributed by atoms with Crippen molar-refractivity contribution in [3.63, 3.8) is 0 Å². The summed E-state index contributed by atoms with van der Waals surface area (Å²) in [5, 5.41) is 3.30. The van der Waals surface area contributed by atoms with Crippen molar-refractivity contribution in [1.82, 2.24) is 4.90 Å². The van der Waals surface area contributed by atoms with Crippen LogP contribution in [0.4, 0.5) is 17.1 Å². The first kappa shape index (κ1) is 17.8. The van der Waals surface area contributed by atoms with Crippen LogP contribution in [0.1, 0.15) is 23.2 Å². The topological polar surface area (TPSA) is 52.7 Å². The Balaban J connectivity index is 1.80. The van der Waals surface area contributed by atoms with Gasteiger partial charge in [-0.05, 0) is 37.7 Å². The molecule has 0 saturated carbocycles. The molecule has 0 radical (unpaired) electrons. The molecule has 2 amide bonds. The van der Waals surface area contributed by atoms with Gasteiger partial charge in [0.25, 0.3) is 5.91 Å². The molecule has 0 bridgehead atoms. The van der Waals surface area contributed by atoms with E-state index >= 15 is 0 Å². The van der Waals surface area contributed by atoms with E-state index in [9.17, 15) is 9.59 Å². The Kier molecular flexibility index (Phi) is 4.72. The van der Waals surface area contributed by atoms with Crippen LogP contribution in [0.5, 0.6) is 0 Å². The van der Waals surface area contributed by atoms with Crippen molar-refractivity contribution in [2.75, 3.05) is 30.4 Å². The third-order valence-corrected chi connectivity index (χ3v) is 5.29. The van der Waals surface area contributed by atoms with Gasteiger partial charge in [-0.1, -0.05) is 41.4 Å². The largest absolute Gasteiger partial charge is 0.320 e. The highest BCUT2D eigenvalue weighted by molar-refractivity contribution is 6.36. The maximum absolute atomic E-state index is 13.4. The summed E-state index contributed by atoms with van der Waals surface area (Å²) in [5.74, 6) is -0.341. The number of likely N-dealkylation sites (N-methyl/N-ethyl adjacent to an activating group) is 1. The smallest absolute Gasteiger partial charge is 0.257 e. The minimum Gasteiger partial charge on any atom is -0.320 e. The molecule has 27 heavy (non-hydrogen) atoms. The summed E-state index contributed by atoms with van der Waals surface area (Å²) in [7, 11) is 2.06. The number of hydrogen-bond acceptors (Lipinski definition) is 3. The number of para-hydroxylation sites is 2. The number of fused-ring (bicyclic) bond motifs is 2. The fourth-order valence-electron chi connectivity index (χ4n) is 3.52. The van der Waals surface area contributed by atoms with Gasteiger partial charge in [0.1, 0.15) is 0 Å². The first-order valence-electron chi connectivity index (χ1n) is 8.93. The Labute approximate surface area is 163 Å². The molecule has 0 unspecified atom stereocenters. The number of carbonyl (C=O) groups is 2. The molecule has 0 atom stereocenters. The lowest BCUT2D eigenvalue weighted by Gasteiger charge is -2.27. The van der Waals surface area contributed by atoms with Gasteiger partial charge in [-0.3, -0.25) is 14.5 Å². The molecule has 0 aromatic heterocycles. The second kappa shape index (κ2) is 7.18. The molecule has 138 valence electrons. The molecule has 2 aliphatic heterocycles. The second-order valence-corrected chi connectivity index (χ2v) is 7.30. The Morgan fingerprint density at radius 1 is 1.19 bits per heavy atom. The van der Waals surface area contributed by atoms with E-state index < -0.39 is 0 Å². The summed E-state index contributed by atoms with van der Waals surface area (Å²) >= 11 is 6.46.